The quantitative estimate of drug-likeness (QED) is 0.565. The van der Waals surface area contributed by atoms with Gasteiger partial charge in [0.1, 0.15) is 11.6 Å². The van der Waals surface area contributed by atoms with E-state index >= 15 is 0 Å². The molecule has 0 saturated carbocycles. The van der Waals surface area contributed by atoms with E-state index in [-0.39, 0.29) is 0 Å². The zero-order valence-corrected chi connectivity index (χ0v) is 14.8. The first kappa shape index (κ1) is 18.4. The maximum atomic E-state index is 6.23. The molecule has 1 unspecified atom stereocenters. The minimum atomic E-state index is 0.567. The minimum Gasteiger partial charge on any atom is -0.369 e. The van der Waals surface area contributed by atoms with Gasteiger partial charge in [-0.05, 0) is 24.8 Å². The van der Waals surface area contributed by atoms with E-state index in [1.165, 1.54) is 25.7 Å². The van der Waals surface area contributed by atoms with Crippen molar-refractivity contribution >= 4 is 34.8 Å². The van der Waals surface area contributed by atoms with E-state index in [9.17, 15) is 0 Å². The Labute approximate surface area is 138 Å². The Morgan fingerprint density at radius 1 is 1.05 bits per heavy atom. The second-order valence-electron chi connectivity index (χ2n) is 5.37. The fourth-order valence-electron chi connectivity index (χ4n) is 2.14. The van der Waals surface area contributed by atoms with Crippen LogP contribution in [0.2, 0.25) is 10.0 Å². The van der Waals surface area contributed by atoms with Gasteiger partial charge in [0, 0.05) is 13.1 Å². The molecule has 5 heteroatoms. The van der Waals surface area contributed by atoms with Crippen LogP contribution in [0.25, 0.3) is 0 Å². The molecule has 0 amide bonds. The van der Waals surface area contributed by atoms with Crippen LogP contribution >= 0.6 is 23.2 Å². The molecule has 2 N–H and O–H groups in total. The summed E-state index contributed by atoms with van der Waals surface area (Å²) in [6, 6.07) is 1.75. The number of rotatable bonds is 10. The summed E-state index contributed by atoms with van der Waals surface area (Å²) in [5.74, 6) is 2.08. The summed E-state index contributed by atoms with van der Waals surface area (Å²) in [6.07, 6.45) is 5.94. The fraction of sp³-hybridized carbons (Fsp3) is 0.688. The predicted octanol–water partition coefficient (Wildman–Crippen LogP) is 5.84. The molecule has 120 valence electrons. The summed E-state index contributed by atoms with van der Waals surface area (Å²) in [5, 5.41) is 7.74. The number of aromatic nitrogens is 1. The number of halogens is 2. The average molecular weight is 332 g/mol. The molecular weight excluding hydrogens is 305 g/mol. The van der Waals surface area contributed by atoms with Gasteiger partial charge in [0.25, 0.3) is 0 Å². The summed E-state index contributed by atoms with van der Waals surface area (Å²) >= 11 is 12.4. The molecule has 0 aliphatic carbocycles. The molecule has 0 saturated heterocycles. The monoisotopic (exact) mass is 331 g/mol. The average Bonchev–Trinajstić information content (AvgIpc) is 2.48. The van der Waals surface area contributed by atoms with Gasteiger partial charge in [0.05, 0.1) is 10.0 Å². The molecule has 1 heterocycles. The van der Waals surface area contributed by atoms with Crippen molar-refractivity contribution in [3.63, 3.8) is 0 Å². The van der Waals surface area contributed by atoms with Crippen LogP contribution in [0.3, 0.4) is 0 Å². The predicted molar refractivity (Wildman–Crippen MR) is 94.8 cm³/mol. The van der Waals surface area contributed by atoms with Crippen LogP contribution < -0.4 is 10.6 Å². The molecule has 3 nitrogen and oxygen atoms in total. The van der Waals surface area contributed by atoms with Crippen LogP contribution in [-0.2, 0) is 0 Å². The lowest BCUT2D eigenvalue weighted by Crippen LogP contribution is -2.15. The SMILES string of the molecule is CCCCC(CC)CNc1nc(NCCC)c(Cl)cc1Cl. The molecule has 0 fully saturated rings. The number of unbranched alkanes of at least 4 members (excludes halogenated alkanes) is 1. The summed E-state index contributed by atoms with van der Waals surface area (Å²) in [7, 11) is 0. The number of anilines is 2. The highest BCUT2D eigenvalue weighted by atomic mass is 35.5. The van der Waals surface area contributed by atoms with Gasteiger partial charge in [-0.25, -0.2) is 4.98 Å². The number of hydrogen-bond donors (Lipinski definition) is 2. The second-order valence-corrected chi connectivity index (χ2v) is 6.19. The molecule has 0 aromatic carbocycles. The highest BCUT2D eigenvalue weighted by molar-refractivity contribution is 6.37. The molecular formula is C16H27Cl2N3. The van der Waals surface area contributed by atoms with Gasteiger partial charge >= 0.3 is 0 Å². The van der Waals surface area contributed by atoms with Crippen molar-refractivity contribution < 1.29 is 0 Å². The zero-order valence-electron chi connectivity index (χ0n) is 13.3. The van der Waals surface area contributed by atoms with Gasteiger partial charge in [-0.3, -0.25) is 0 Å². The first-order valence-corrected chi connectivity index (χ1v) is 8.71. The molecule has 0 bridgehead atoms. The van der Waals surface area contributed by atoms with Crippen LogP contribution in [0.15, 0.2) is 6.07 Å². The Balaban J connectivity index is 2.68. The Morgan fingerprint density at radius 3 is 2.29 bits per heavy atom. The molecule has 1 aromatic heterocycles. The number of nitrogens with zero attached hydrogens (tertiary/aromatic N) is 1. The third kappa shape index (κ3) is 6.31. The van der Waals surface area contributed by atoms with Crippen LogP contribution in [0.1, 0.15) is 52.9 Å². The Bertz CT molecular complexity index is 424. The smallest absolute Gasteiger partial charge is 0.147 e. The molecule has 1 aromatic rings. The van der Waals surface area contributed by atoms with E-state index in [1.807, 2.05) is 0 Å². The van der Waals surface area contributed by atoms with Crippen molar-refractivity contribution in [2.75, 3.05) is 23.7 Å². The van der Waals surface area contributed by atoms with Crippen molar-refractivity contribution in [2.45, 2.75) is 52.9 Å². The maximum absolute atomic E-state index is 6.23. The number of nitrogens with one attached hydrogen (secondary N) is 2. The lowest BCUT2D eigenvalue weighted by atomic mass is 9.99. The van der Waals surface area contributed by atoms with Gasteiger partial charge in [-0.1, -0.05) is 63.2 Å². The molecule has 1 atom stereocenters. The number of pyridine rings is 1. The largest absolute Gasteiger partial charge is 0.369 e. The summed E-state index contributed by atoms with van der Waals surface area (Å²) in [4.78, 5) is 4.51. The van der Waals surface area contributed by atoms with Crippen molar-refractivity contribution in [3.8, 4) is 0 Å². The highest BCUT2D eigenvalue weighted by Gasteiger charge is 2.11. The van der Waals surface area contributed by atoms with Crippen LogP contribution in [0, 0.1) is 5.92 Å². The zero-order chi connectivity index (χ0) is 15.7. The molecule has 21 heavy (non-hydrogen) atoms. The lowest BCUT2D eigenvalue weighted by molar-refractivity contribution is 0.472. The van der Waals surface area contributed by atoms with Gasteiger partial charge < -0.3 is 10.6 Å². The molecule has 0 aliphatic rings. The highest BCUT2D eigenvalue weighted by Crippen LogP contribution is 2.29. The van der Waals surface area contributed by atoms with Gasteiger partial charge in [0.2, 0.25) is 0 Å². The van der Waals surface area contributed by atoms with Crippen molar-refractivity contribution in [1.82, 2.24) is 4.98 Å². The first-order valence-electron chi connectivity index (χ1n) is 7.96. The van der Waals surface area contributed by atoms with Crippen LogP contribution in [-0.4, -0.2) is 18.1 Å². The third-order valence-corrected chi connectivity index (χ3v) is 4.15. The lowest BCUT2D eigenvalue weighted by Gasteiger charge is -2.17. The van der Waals surface area contributed by atoms with Gasteiger partial charge in [0.15, 0.2) is 0 Å². The molecule has 0 spiro atoms. The Hall–Kier alpha value is -0.670. The van der Waals surface area contributed by atoms with Crippen molar-refractivity contribution in [1.29, 1.82) is 0 Å². The summed E-state index contributed by atoms with van der Waals surface area (Å²) in [6.45, 7) is 8.31. The molecule has 0 aliphatic heterocycles. The third-order valence-electron chi connectivity index (χ3n) is 3.57. The topological polar surface area (TPSA) is 37.0 Å². The van der Waals surface area contributed by atoms with Crippen molar-refractivity contribution in [2.24, 2.45) is 5.92 Å². The van der Waals surface area contributed by atoms with E-state index in [4.69, 9.17) is 23.2 Å². The Morgan fingerprint density at radius 2 is 1.71 bits per heavy atom. The van der Waals surface area contributed by atoms with Crippen molar-refractivity contribution in [3.05, 3.63) is 16.1 Å². The van der Waals surface area contributed by atoms with E-state index in [0.717, 1.165) is 25.3 Å². The molecule has 0 radical (unpaired) electrons. The Kier molecular flexibility index (Phi) is 8.86. The van der Waals surface area contributed by atoms with E-state index < -0.39 is 0 Å². The molecule has 1 rings (SSSR count). The van der Waals surface area contributed by atoms with E-state index in [1.54, 1.807) is 6.07 Å². The van der Waals surface area contributed by atoms with Crippen LogP contribution in [0.4, 0.5) is 11.6 Å². The second kappa shape index (κ2) is 10.1. The normalized spacial score (nSPS) is 12.2. The van der Waals surface area contributed by atoms with E-state index in [0.29, 0.717) is 21.8 Å². The summed E-state index contributed by atoms with van der Waals surface area (Å²) in [5.41, 5.74) is 0. The summed E-state index contributed by atoms with van der Waals surface area (Å²) < 4.78 is 0. The standard InChI is InChI=1S/C16H27Cl2N3/c1-4-7-8-12(6-3)11-20-16-14(18)10-13(17)15(21-16)19-9-5-2/h10,12H,4-9,11H2,1-3H3,(H2,19,20,21). The van der Waals surface area contributed by atoms with Crippen LogP contribution in [0.5, 0.6) is 0 Å². The van der Waals surface area contributed by atoms with Gasteiger partial charge in [-0.2, -0.15) is 0 Å². The number of hydrogen-bond acceptors (Lipinski definition) is 3. The van der Waals surface area contributed by atoms with E-state index in [2.05, 4.69) is 36.4 Å². The van der Waals surface area contributed by atoms with Gasteiger partial charge in [-0.15, -0.1) is 0 Å². The first-order chi connectivity index (χ1) is 10.1. The maximum Gasteiger partial charge on any atom is 0.147 e. The minimum absolute atomic E-state index is 0.567. The fourth-order valence-corrected chi connectivity index (χ4v) is 2.63.